The van der Waals surface area contributed by atoms with E-state index in [1.54, 1.807) is 25.7 Å². The van der Waals surface area contributed by atoms with Gasteiger partial charge in [0.2, 0.25) is 0 Å². The Kier molecular flexibility index (Phi) is 6.41. The number of nitrogens with zero attached hydrogens (tertiary/aromatic N) is 3. The van der Waals surface area contributed by atoms with E-state index in [0.29, 0.717) is 23.4 Å². The first-order chi connectivity index (χ1) is 14.6. The van der Waals surface area contributed by atoms with E-state index in [1.807, 2.05) is 38.1 Å². The third-order valence-corrected chi connectivity index (χ3v) is 5.68. The monoisotopic (exact) mass is 437 g/mol. The van der Waals surface area contributed by atoms with Crippen molar-refractivity contribution in [2.45, 2.75) is 19.4 Å². The topological polar surface area (TPSA) is 130 Å². The van der Waals surface area contributed by atoms with Gasteiger partial charge in [-0.05, 0) is 50.9 Å². The Labute approximate surface area is 182 Å². The molecule has 0 spiro atoms. The average Bonchev–Trinajstić information content (AvgIpc) is 2.71. The number of nitrogens with one attached hydrogen (secondary N) is 3. The molecule has 0 saturated heterocycles. The van der Waals surface area contributed by atoms with Crippen LogP contribution in [-0.4, -0.2) is 40.8 Å². The molecule has 9 heteroatoms. The van der Waals surface area contributed by atoms with Crippen LogP contribution in [0.1, 0.15) is 25.1 Å². The Hall–Kier alpha value is -3.25. The lowest BCUT2D eigenvalue weighted by Gasteiger charge is -2.28. The molecule has 1 aromatic carbocycles. The zero-order valence-corrected chi connectivity index (χ0v) is 19.1. The maximum absolute atomic E-state index is 11.9. The SMILES string of the molecule is CC(C)(Nc1nc(/C(C=N)=C/NCP(C)(C)=O)cnc1N)c1ccc2ncccc2c1. The molecule has 0 saturated carbocycles. The predicted octanol–water partition coefficient (Wildman–Crippen LogP) is 4.11. The number of aromatic nitrogens is 3. The molecule has 3 rings (SSSR count). The summed E-state index contributed by atoms with van der Waals surface area (Å²) in [5.41, 5.74) is 8.57. The van der Waals surface area contributed by atoms with Crippen LogP contribution in [0.25, 0.3) is 16.5 Å². The van der Waals surface area contributed by atoms with Gasteiger partial charge in [-0.15, -0.1) is 0 Å². The predicted molar refractivity (Wildman–Crippen MR) is 129 cm³/mol. The van der Waals surface area contributed by atoms with Crippen LogP contribution < -0.4 is 16.4 Å². The molecule has 2 heterocycles. The van der Waals surface area contributed by atoms with Crippen LogP contribution in [0.3, 0.4) is 0 Å². The second-order valence-corrected chi connectivity index (χ2v) is 11.8. The van der Waals surface area contributed by atoms with Gasteiger partial charge in [-0.2, -0.15) is 0 Å². The summed E-state index contributed by atoms with van der Waals surface area (Å²) in [6.45, 7) is 7.47. The molecule has 0 unspecified atom stereocenters. The van der Waals surface area contributed by atoms with Crippen molar-refractivity contribution in [1.82, 2.24) is 20.3 Å². The number of hydrogen-bond donors (Lipinski definition) is 4. The van der Waals surface area contributed by atoms with Gasteiger partial charge >= 0.3 is 0 Å². The minimum absolute atomic E-state index is 0.267. The minimum atomic E-state index is -2.22. The molecule has 0 fully saturated rings. The van der Waals surface area contributed by atoms with Crippen molar-refractivity contribution in [1.29, 1.82) is 5.41 Å². The standard InChI is InChI=1S/C22H28N7OP/c1-22(2,17-7-8-18-15(10-17)6-5-9-26-18)29-21-20(24)27-13-19(28-21)16(11-23)12-25-14-31(3,4)30/h5-13,23,25H,14H2,1-4H3,(H2,24,27)(H,28,29)/b16-12+,23-11?. The Bertz CT molecular complexity index is 1180. The van der Waals surface area contributed by atoms with Gasteiger partial charge in [-0.25, -0.2) is 9.97 Å². The fourth-order valence-electron chi connectivity index (χ4n) is 3.03. The highest BCUT2D eigenvalue weighted by molar-refractivity contribution is 7.62. The van der Waals surface area contributed by atoms with Gasteiger partial charge in [0, 0.05) is 29.6 Å². The summed E-state index contributed by atoms with van der Waals surface area (Å²) < 4.78 is 11.9. The van der Waals surface area contributed by atoms with Crippen LogP contribution >= 0.6 is 7.14 Å². The molecule has 31 heavy (non-hydrogen) atoms. The molecule has 0 bridgehead atoms. The third-order valence-electron chi connectivity index (χ3n) is 4.74. The van der Waals surface area contributed by atoms with E-state index in [0.717, 1.165) is 16.5 Å². The fourth-order valence-corrected chi connectivity index (χ4v) is 3.56. The van der Waals surface area contributed by atoms with Crippen molar-refractivity contribution in [3.63, 3.8) is 0 Å². The summed E-state index contributed by atoms with van der Waals surface area (Å²) >= 11 is 0. The number of anilines is 2. The van der Waals surface area contributed by atoms with Gasteiger partial charge in [0.1, 0.15) is 0 Å². The molecule has 0 radical (unpaired) electrons. The van der Waals surface area contributed by atoms with Crippen LogP contribution in [0.4, 0.5) is 11.6 Å². The molecule has 0 atom stereocenters. The molecule has 5 N–H and O–H groups in total. The maximum Gasteiger partial charge on any atom is 0.170 e. The Balaban J connectivity index is 1.88. The largest absolute Gasteiger partial charge is 0.383 e. The Morgan fingerprint density at radius 2 is 2.03 bits per heavy atom. The van der Waals surface area contributed by atoms with E-state index >= 15 is 0 Å². The highest BCUT2D eigenvalue weighted by Gasteiger charge is 2.23. The second-order valence-electron chi connectivity index (χ2n) is 8.33. The summed E-state index contributed by atoms with van der Waals surface area (Å²) in [5, 5.41) is 15.1. The van der Waals surface area contributed by atoms with Crippen molar-refractivity contribution in [3.05, 3.63) is 60.2 Å². The lowest BCUT2D eigenvalue weighted by atomic mass is 9.93. The van der Waals surface area contributed by atoms with Crippen LogP contribution in [0, 0.1) is 5.41 Å². The van der Waals surface area contributed by atoms with Gasteiger partial charge in [-0.3, -0.25) is 4.98 Å². The van der Waals surface area contributed by atoms with Crippen LogP contribution in [-0.2, 0) is 10.1 Å². The van der Waals surface area contributed by atoms with E-state index in [4.69, 9.17) is 11.1 Å². The number of hydrogen-bond acceptors (Lipinski definition) is 8. The third kappa shape index (κ3) is 5.67. The molecule has 3 aromatic rings. The molecule has 0 aliphatic carbocycles. The Morgan fingerprint density at radius 1 is 1.26 bits per heavy atom. The van der Waals surface area contributed by atoms with Gasteiger partial charge in [0.05, 0.1) is 36.4 Å². The van der Waals surface area contributed by atoms with E-state index < -0.39 is 12.7 Å². The molecule has 162 valence electrons. The zero-order chi connectivity index (χ0) is 22.6. The molecule has 0 aliphatic rings. The van der Waals surface area contributed by atoms with E-state index in [9.17, 15) is 4.57 Å². The van der Waals surface area contributed by atoms with E-state index in [2.05, 4.69) is 31.7 Å². The summed E-state index contributed by atoms with van der Waals surface area (Å²) in [7, 11) is -2.22. The van der Waals surface area contributed by atoms with Crippen molar-refractivity contribution in [3.8, 4) is 0 Å². The van der Waals surface area contributed by atoms with Crippen LogP contribution in [0.5, 0.6) is 0 Å². The number of allylic oxidation sites excluding steroid dienone is 1. The van der Waals surface area contributed by atoms with Crippen molar-refractivity contribution in [2.24, 2.45) is 0 Å². The normalized spacial score (nSPS) is 12.6. The maximum atomic E-state index is 11.9. The van der Waals surface area contributed by atoms with Gasteiger partial charge in [0.25, 0.3) is 0 Å². The van der Waals surface area contributed by atoms with Gasteiger partial charge in [0.15, 0.2) is 11.6 Å². The summed E-state index contributed by atoms with van der Waals surface area (Å²) in [6, 6.07) is 10.0. The quantitative estimate of drug-likeness (QED) is 0.308. The first-order valence-electron chi connectivity index (χ1n) is 9.83. The number of benzene rings is 1. The van der Waals surface area contributed by atoms with E-state index in [-0.39, 0.29) is 5.82 Å². The van der Waals surface area contributed by atoms with E-state index in [1.165, 1.54) is 12.4 Å². The van der Waals surface area contributed by atoms with Gasteiger partial charge in [-0.1, -0.05) is 12.1 Å². The van der Waals surface area contributed by atoms with Crippen LogP contribution in [0.2, 0.25) is 0 Å². The van der Waals surface area contributed by atoms with Gasteiger partial charge < -0.3 is 26.3 Å². The smallest absolute Gasteiger partial charge is 0.170 e. The lowest BCUT2D eigenvalue weighted by Crippen LogP contribution is -2.29. The number of nitrogen functional groups attached to an aromatic ring is 1. The first kappa shape index (κ1) is 22.4. The fraction of sp³-hybridized carbons (Fsp3) is 0.273. The number of pyridine rings is 1. The van der Waals surface area contributed by atoms with Crippen LogP contribution in [0.15, 0.2) is 48.9 Å². The van der Waals surface area contributed by atoms with Crippen molar-refractivity contribution in [2.75, 3.05) is 30.7 Å². The summed E-state index contributed by atoms with van der Waals surface area (Å²) in [4.78, 5) is 13.2. The molecular weight excluding hydrogens is 409 g/mol. The molecule has 2 aromatic heterocycles. The molecule has 0 amide bonds. The molecule has 0 aliphatic heterocycles. The first-order valence-corrected chi connectivity index (χ1v) is 12.6. The van der Waals surface area contributed by atoms with Crippen molar-refractivity contribution >= 4 is 41.5 Å². The number of fused-ring (bicyclic) bond motifs is 1. The summed E-state index contributed by atoms with van der Waals surface area (Å²) in [6.07, 6.45) is 6.43. The Morgan fingerprint density at radius 3 is 2.74 bits per heavy atom. The second kappa shape index (κ2) is 8.86. The molecular formula is C22H28N7OP. The molecule has 8 nitrogen and oxygen atoms in total. The van der Waals surface area contributed by atoms with Crippen molar-refractivity contribution < 1.29 is 4.57 Å². The number of rotatable bonds is 8. The zero-order valence-electron chi connectivity index (χ0n) is 18.2. The average molecular weight is 437 g/mol. The number of nitrogens with two attached hydrogens (primary N) is 1. The highest BCUT2D eigenvalue weighted by Crippen LogP contribution is 2.33. The highest BCUT2D eigenvalue weighted by atomic mass is 31.2. The minimum Gasteiger partial charge on any atom is -0.383 e. The lowest BCUT2D eigenvalue weighted by molar-refractivity contribution is 0.580. The summed E-state index contributed by atoms with van der Waals surface area (Å²) in [5.74, 6) is 0.696.